The molecule has 0 rings (SSSR count). The molecule has 0 radical (unpaired) electrons. The van der Waals surface area contributed by atoms with Crippen LogP contribution < -0.4 is 0 Å². The first kappa shape index (κ1) is 11.3. The smallest absolute Gasteiger partial charge is 0.135 e. The molecule has 1 atom stereocenters. The molecule has 0 amide bonds. The van der Waals surface area contributed by atoms with Gasteiger partial charge in [-0.3, -0.25) is 14.7 Å². The van der Waals surface area contributed by atoms with Crippen molar-refractivity contribution in [1.82, 2.24) is 4.90 Å². The monoisotopic (exact) mass is 170 g/mol. The first-order valence-electron chi connectivity index (χ1n) is 4.12. The lowest BCUT2D eigenvalue weighted by Gasteiger charge is -2.15. The van der Waals surface area contributed by atoms with Gasteiger partial charge in [0.1, 0.15) is 5.78 Å². The zero-order valence-electron chi connectivity index (χ0n) is 8.59. The molecule has 0 aliphatic heterocycles. The van der Waals surface area contributed by atoms with E-state index in [-0.39, 0.29) is 11.9 Å². The van der Waals surface area contributed by atoms with Crippen LogP contribution in [0.1, 0.15) is 27.2 Å². The minimum Gasteiger partial charge on any atom is -0.300 e. The summed E-state index contributed by atoms with van der Waals surface area (Å²) in [6.45, 7) is 5.48. The SMILES string of the molecule is CC(=O)C/C(C)=N/C(C)N(C)C. The Morgan fingerprint density at radius 2 is 1.92 bits per heavy atom. The predicted octanol–water partition coefficient (Wildman–Crippen LogP) is 1.33. The van der Waals surface area contributed by atoms with Gasteiger partial charge < -0.3 is 0 Å². The van der Waals surface area contributed by atoms with E-state index in [0.29, 0.717) is 6.42 Å². The standard InChI is InChI=1S/C9H18N2O/c1-7(6-8(2)12)10-9(3)11(4)5/h9H,6H2,1-5H3/b10-7+. The summed E-state index contributed by atoms with van der Waals surface area (Å²) in [6.07, 6.45) is 0.627. The molecule has 0 saturated carbocycles. The fourth-order valence-corrected chi connectivity index (χ4v) is 0.840. The molecule has 0 aliphatic rings. The highest BCUT2D eigenvalue weighted by molar-refractivity contribution is 5.99. The fraction of sp³-hybridized carbons (Fsp3) is 0.778. The lowest BCUT2D eigenvalue weighted by Crippen LogP contribution is -2.23. The normalized spacial score (nSPS) is 15.0. The second-order valence-corrected chi connectivity index (χ2v) is 3.34. The summed E-state index contributed by atoms with van der Waals surface area (Å²) in [4.78, 5) is 17.1. The molecular weight excluding hydrogens is 152 g/mol. The van der Waals surface area contributed by atoms with Crippen molar-refractivity contribution < 1.29 is 4.79 Å². The maximum absolute atomic E-state index is 10.7. The summed E-state index contributed by atoms with van der Waals surface area (Å²) < 4.78 is 0. The number of hydrogen-bond acceptors (Lipinski definition) is 3. The number of Topliss-reactive ketones (excluding diaryl/α,β-unsaturated/α-hetero) is 1. The van der Waals surface area contributed by atoms with Gasteiger partial charge in [-0.05, 0) is 34.9 Å². The van der Waals surface area contributed by atoms with Gasteiger partial charge >= 0.3 is 0 Å². The molecule has 1 unspecified atom stereocenters. The number of nitrogens with zero attached hydrogens (tertiary/aromatic N) is 2. The van der Waals surface area contributed by atoms with Gasteiger partial charge in [-0.25, -0.2) is 0 Å². The van der Waals surface area contributed by atoms with Crippen molar-refractivity contribution in [2.24, 2.45) is 4.99 Å². The van der Waals surface area contributed by atoms with E-state index >= 15 is 0 Å². The second kappa shape index (κ2) is 5.04. The number of ketones is 1. The zero-order valence-corrected chi connectivity index (χ0v) is 8.59. The van der Waals surface area contributed by atoms with Crippen LogP contribution >= 0.6 is 0 Å². The Morgan fingerprint density at radius 1 is 1.42 bits per heavy atom. The van der Waals surface area contributed by atoms with E-state index in [0.717, 1.165) is 5.71 Å². The molecule has 0 saturated heterocycles. The first-order valence-corrected chi connectivity index (χ1v) is 4.12. The van der Waals surface area contributed by atoms with Crippen LogP contribution in [0.5, 0.6) is 0 Å². The third-order valence-corrected chi connectivity index (χ3v) is 1.66. The molecule has 0 aliphatic carbocycles. The number of rotatable bonds is 4. The quantitative estimate of drug-likeness (QED) is 0.596. The number of carbonyl (C=O) groups excluding carboxylic acids is 1. The third kappa shape index (κ3) is 5.02. The van der Waals surface area contributed by atoms with E-state index in [1.807, 2.05) is 32.8 Å². The Hall–Kier alpha value is -0.700. The van der Waals surface area contributed by atoms with Crippen molar-refractivity contribution in [2.45, 2.75) is 33.4 Å². The first-order chi connectivity index (χ1) is 5.43. The molecule has 0 fully saturated rings. The van der Waals surface area contributed by atoms with E-state index in [1.54, 1.807) is 6.92 Å². The number of hydrogen-bond donors (Lipinski definition) is 0. The van der Waals surface area contributed by atoms with Crippen LogP contribution in [0.15, 0.2) is 4.99 Å². The zero-order chi connectivity index (χ0) is 9.72. The fourth-order valence-electron chi connectivity index (χ4n) is 0.840. The third-order valence-electron chi connectivity index (χ3n) is 1.66. The topological polar surface area (TPSA) is 32.7 Å². The summed E-state index contributed by atoms with van der Waals surface area (Å²) in [5.41, 5.74) is 0.906. The van der Waals surface area contributed by atoms with Gasteiger partial charge in [0.05, 0.1) is 6.17 Å². The van der Waals surface area contributed by atoms with E-state index in [1.165, 1.54) is 0 Å². The van der Waals surface area contributed by atoms with Crippen LogP contribution in [0.4, 0.5) is 0 Å². The van der Waals surface area contributed by atoms with Gasteiger partial charge in [-0.2, -0.15) is 0 Å². The van der Waals surface area contributed by atoms with Crippen molar-refractivity contribution in [3.8, 4) is 0 Å². The highest BCUT2D eigenvalue weighted by Crippen LogP contribution is 1.97. The molecule has 70 valence electrons. The van der Waals surface area contributed by atoms with Crippen LogP contribution in [0.3, 0.4) is 0 Å². The Bertz CT molecular complexity index is 185. The maximum Gasteiger partial charge on any atom is 0.135 e. The number of carbonyl (C=O) groups is 1. The van der Waals surface area contributed by atoms with Gasteiger partial charge in [0.15, 0.2) is 0 Å². The van der Waals surface area contributed by atoms with Crippen molar-refractivity contribution in [3.63, 3.8) is 0 Å². The molecule has 3 nitrogen and oxygen atoms in total. The van der Waals surface area contributed by atoms with Gasteiger partial charge in [0, 0.05) is 12.1 Å². The van der Waals surface area contributed by atoms with Gasteiger partial charge in [-0.1, -0.05) is 0 Å². The highest BCUT2D eigenvalue weighted by Gasteiger charge is 2.02. The molecule has 0 aromatic heterocycles. The molecule has 0 aromatic rings. The minimum atomic E-state index is 0.157. The van der Waals surface area contributed by atoms with Crippen LogP contribution in [-0.4, -0.2) is 36.7 Å². The molecule has 12 heavy (non-hydrogen) atoms. The lowest BCUT2D eigenvalue weighted by molar-refractivity contribution is -0.115. The highest BCUT2D eigenvalue weighted by atomic mass is 16.1. The van der Waals surface area contributed by atoms with Crippen LogP contribution in [0.2, 0.25) is 0 Å². The van der Waals surface area contributed by atoms with Crippen molar-refractivity contribution >= 4 is 11.5 Å². The molecule has 0 N–H and O–H groups in total. The second-order valence-electron chi connectivity index (χ2n) is 3.34. The van der Waals surface area contributed by atoms with Crippen molar-refractivity contribution in [3.05, 3.63) is 0 Å². The average molecular weight is 170 g/mol. The molecular formula is C9H18N2O. The average Bonchev–Trinajstić information content (AvgIpc) is 1.84. The van der Waals surface area contributed by atoms with Crippen molar-refractivity contribution in [1.29, 1.82) is 0 Å². The largest absolute Gasteiger partial charge is 0.300 e. The lowest BCUT2D eigenvalue weighted by atomic mass is 10.2. The van der Waals surface area contributed by atoms with Crippen LogP contribution in [0, 0.1) is 0 Å². The van der Waals surface area contributed by atoms with Crippen LogP contribution in [-0.2, 0) is 4.79 Å². The molecule has 0 heterocycles. The Labute approximate surface area is 74.5 Å². The van der Waals surface area contributed by atoms with Gasteiger partial charge in [0.25, 0.3) is 0 Å². The molecule has 0 bridgehead atoms. The Kier molecular flexibility index (Phi) is 4.74. The van der Waals surface area contributed by atoms with Crippen molar-refractivity contribution in [2.75, 3.05) is 14.1 Å². The van der Waals surface area contributed by atoms with E-state index in [2.05, 4.69) is 4.99 Å². The van der Waals surface area contributed by atoms with E-state index < -0.39 is 0 Å². The Morgan fingerprint density at radius 3 is 2.25 bits per heavy atom. The molecule has 3 heteroatoms. The van der Waals surface area contributed by atoms with E-state index in [4.69, 9.17) is 0 Å². The summed E-state index contributed by atoms with van der Waals surface area (Å²) in [5, 5.41) is 0. The number of aliphatic imine (C=N–C) groups is 1. The summed E-state index contributed by atoms with van der Waals surface area (Å²) in [6, 6.07) is 0. The maximum atomic E-state index is 10.7. The van der Waals surface area contributed by atoms with Gasteiger partial charge in [0.2, 0.25) is 0 Å². The minimum absolute atomic E-state index is 0.157. The predicted molar refractivity (Wildman–Crippen MR) is 51.6 cm³/mol. The summed E-state index contributed by atoms with van der Waals surface area (Å²) in [5.74, 6) is 0.169. The van der Waals surface area contributed by atoms with Crippen LogP contribution in [0.25, 0.3) is 0 Å². The molecule has 0 aromatic carbocycles. The van der Waals surface area contributed by atoms with Gasteiger partial charge in [-0.15, -0.1) is 0 Å². The summed E-state index contributed by atoms with van der Waals surface area (Å²) >= 11 is 0. The Balaban J connectivity index is 4.06. The molecule has 0 spiro atoms. The van der Waals surface area contributed by atoms with E-state index in [9.17, 15) is 4.79 Å². The summed E-state index contributed by atoms with van der Waals surface area (Å²) in [7, 11) is 3.93.